The van der Waals surface area contributed by atoms with Crippen LogP contribution in [0.15, 0.2) is 36.4 Å². The SMILES string of the molecule is O=Cc1ccc2c(c1)=c1cc(CBr)ccc1=2. The van der Waals surface area contributed by atoms with Gasteiger partial charge in [-0.25, -0.2) is 0 Å². The van der Waals surface area contributed by atoms with Crippen molar-refractivity contribution >= 4 is 22.2 Å². The Bertz CT molecular complexity index is 762. The maximum Gasteiger partial charge on any atom is 0.150 e. The maximum absolute atomic E-state index is 10.7. The number of benzene rings is 2. The van der Waals surface area contributed by atoms with Crippen molar-refractivity contribution in [1.82, 2.24) is 0 Å². The number of hydrogen-bond acceptors (Lipinski definition) is 1. The predicted molar refractivity (Wildman–Crippen MR) is 66.2 cm³/mol. The Kier molecular flexibility index (Phi) is 2.18. The summed E-state index contributed by atoms with van der Waals surface area (Å²) in [7, 11) is 0. The van der Waals surface area contributed by atoms with Crippen molar-refractivity contribution < 1.29 is 4.79 Å². The fraction of sp³-hybridized carbons (Fsp3) is 0.0714. The number of fused-ring (bicyclic) bond motifs is 2. The Morgan fingerprint density at radius 1 is 0.938 bits per heavy atom. The number of aldehydes is 1. The molecule has 0 radical (unpaired) electrons. The van der Waals surface area contributed by atoms with E-state index in [1.807, 2.05) is 18.2 Å². The highest BCUT2D eigenvalue weighted by Crippen LogP contribution is 2.16. The van der Waals surface area contributed by atoms with E-state index in [4.69, 9.17) is 0 Å². The summed E-state index contributed by atoms with van der Waals surface area (Å²) >= 11 is 3.45. The third-order valence-electron chi connectivity index (χ3n) is 3.00. The van der Waals surface area contributed by atoms with Crippen molar-refractivity contribution in [2.24, 2.45) is 0 Å². The minimum atomic E-state index is 0.744. The van der Waals surface area contributed by atoms with Crippen LogP contribution in [0.3, 0.4) is 0 Å². The van der Waals surface area contributed by atoms with Crippen molar-refractivity contribution in [3.8, 4) is 0 Å². The molecule has 2 aromatic rings. The Hall–Kier alpha value is -1.41. The molecule has 1 nitrogen and oxygen atoms in total. The van der Waals surface area contributed by atoms with E-state index >= 15 is 0 Å². The lowest BCUT2D eigenvalue weighted by atomic mass is 9.98. The molecule has 0 saturated carbocycles. The first-order valence-electron chi connectivity index (χ1n) is 5.12. The topological polar surface area (TPSA) is 17.1 Å². The van der Waals surface area contributed by atoms with Crippen LogP contribution in [-0.4, -0.2) is 6.29 Å². The predicted octanol–water partition coefficient (Wildman–Crippen LogP) is 3.28. The van der Waals surface area contributed by atoms with Crippen LogP contribution in [0.2, 0.25) is 0 Å². The molecule has 2 heteroatoms. The molecule has 0 aliphatic heterocycles. The standard InChI is InChI=1S/C14H9BrO/c15-7-9-1-3-11-12-4-2-10(8-16)6-14(12)13(11)5-9/h1-6,8H,7H2. The summed E-state index contributed by atoms with van der Waals surface area (Å²) in [4.78, 5) is 10.7. The van der Waals surface area contributed by atoms with E-state index in [-0.39, 0.29) is 0 Å². The molecule has 0 unspecified atom stereocenters. The van der Waals surface area contributed by atoms with Gasteiger partial charge in [-0.3, -0.25) is 4.79 Å². The average molecular weight is 273 g/mol. The lowest BCUT2D eigenvalue weighted by molar-refractivity contribution is 0.112. The second kappa shape index (κ2) is 3.56. The van der Waals surface area contributed by atoms with Gasteiger partial charge < -0.3 is 0 Å². The first-order chi connectivity index (χ1) is 7.83. The number of rotatable bonds is 2. The van der Waals surface area contributed by atoms with Gasteiger partial charge in [-0.1, -0.05) is 40.2 Å². The van der Waals surface area contributed by atoms with Gasteiger partial charge in [0.15, 0.2) is 0 Å². The van der Waals surface area contributed by atoms with E-state index in [2.05, 4.69) is 34.1 Å². The van der Waals surface area contributed by atoms with Crippen molar-refractivity contribution in [3.63, 3.8) is 0 Å². The molecular weight excluding hydrogens is 264 g/mol. The van der Waals surface area contributed by atoms with Crippen LogP contribution in [0.4, 0.5) is 0 Å². The molecule has 3 rings (SSSR count). The number of carbonyl (C=O) groups excluding carboxylic acids is 1. The lowest BCUT2D eigenvalue weighted by Crippen LogP contribution is -1.94. The normalized spacial score (nSPS) is 11.3. The first kappa shape index (κ1) is 9.79. The fourth-order valence-electron chi connectivity index (χ4n) is 2.16. The second-order valence-corrected chi connectivity index (χ2v) is 4.50. The Morgan fingerprint density at radius 3 is 2.31 bits per heavy atom. The number of halogens is 1. The quantitative estimate of drug-likeness (QED) is 0.517. The molecule has 78 valence electrons. The number of hydrogen-bond donors (Lipinski definition) is 0. The summed E-state index contributed by atoms with van der Waals surface area (Å²) in [5, 5.41) is 5.86. The summed E-state index contributed by atoms with van der Waals surface area (Å²) in [6, 6.07) is 12.3. The molecule has 16 heavy (non-hydrogen) atoms. The van der Waals surface area contributed by atoms with Crippen LogP contribution < -0.4 is 0 Å². The summed E-state index contributed by atoms with van der Waals surface area (Å²) in [6.07, 6.45) is 0.895. The van der Waals surface area contributed by atoms with Gasteiger partial charge in [-0.2, -0.15) is 0 Å². The van der Waals surface area contributed by atoms with Crippen LogP contribution in [0.1, 0.15) is 15.9 Å². The molecule has 0 bridgehead atoms. The zero-order chi connectivity index (χ0) is 11.1. The number of carbonyl (C=O) groups is 1. The summed E-state index contributed by atoms with van der Waals surface area (Å²) in [5.41, 5.74) is 2.01. The van der Waals surface area contributed by atoms with Gasteiger partial charge in [0.05, 0.1) is 0 Å². The summed E-state index contributed by atoms with van der Waals surface area (Å²) in [5.74, 6) is 0. The van der Waals surface area contributed by atoms with Crippen LogP contribution in [0.5, 0.6) is 0 Å². The van der Waals surface area contributed by atoms with Crippen LogP contribution in [0, 0.1) is 20.9 Å². The Balaban J connectivity index is 2.41. The molecule has 0 amide bonds. The van der Waals surface area contributed by atoms with Crippen LogP contribution >= 0.6 is 15.9 Å². The van der Waals surface area contributed by atoms with Crippen LogP contribution in [-0.2, 0) is 5.33 Å². The van der Waals surface area contributed by atoms with Gasteiger partial charge in [-0.05, 0) is 38.6 Å². The minimum absolute atomic E-state index is 0.744. The molecule has 0 atom stereocenters. The van der Waals surface area contributed by atoms with E-state index in [0.717, 1.165) is 17.2 Å². The van der Waals surface area contributed by atoms with Gasteiger partial charge in [-0.15, -0.1) is 0 Å². The van der Waals surface area contributed by atoms with Gasteiger partial charge in [0.25, 0.3) is 0 Å². The highest BCUT2D eigenvalue weighted by molar-refractivity contribution is 9.08. The molecule has 0 saturated heterocycles. The third kappa shape index (κ3) is 1.26. The Morgan fingerprint density at radius 2 is 1.62 bits per heavy atom. The molecule has 0 N–H and O–H groups in total. The van der Waals surface area contributed by atoms with E-state index in [1.54, 1.807) is 0 Å². The highest BCUT2D eigenvalue weighted by atomic mass is 79.9. The zero-order valence-corrected chi connectivity index (χ0v) is 10.1. The molecule has 1 aliphatic carbocycles. The smallest absolute Gasteiger partial charge is 0.150 e. The van der Waals surface area contributed by atoms with Crippen molar-refractivity contribution in [3.05, 3.63) is 68.4 Å². The molecule has 0 aromatic heterocycles. The van der Waals surface area contributed by atoms with Gasteiger partial charge in [0, 0.05) is 10.9 Å². The summed E-state index contributed by atoms with van der Waals surface area (Å²) in [6.45, 7) is 0. The van der Waals surface area contributed by atoms with Crippen molar-refractivity contribution in [2.45, 2.75) is 5.33 Å². The van der Waals surface area contributed by atoms with Gasteiger partial charge >= 0.3 is 0 Å². The summed E-state index contributed by atoms with van der Waals surface area (Å²) < 4.78 is 0. The largest absolute Gasteiger partial charge is 0.298 e. The molecule has 0 heterocycles. The third-order valence-corrected chi connectivity index (χ3v) is 3.65. The van der Waals surface area contributed by atoms with Crippen molar-refractivity contribution in [2.75, 3.05) is 0 Å². The first-order valence-corrected chi connectivity index (χ1v) is 6.24. The number of alkyl halides is 1. The monoisotopic (exact) mass is 272 g/mol. The highest BCUT2D eigenvalue weighted by Gasteiger charge is 2.03. The molecule has 1 aliphatic rings. The van der Waals surface area contributed by atoms with Crippen LogP contribution in [0.25, 0.3) is 0 Å². The van der Waals surface area contributed by atoms with Crippen molar-refractivity contribution in [1.29, 1.82) is 0 Å². The average Bonchev–Trinajstić information content (AvgIpc) is 2.34. The Labute approximate surface area is 101 Å². The molecule has 0 fully saturated rings. The molecule has 0 spiro atoms. The van der Waals surface area contributed by atoms with Gasteiger partial charge in [0.1, 0.15) is 6.29 Å². The zero-order valence-electron chi connectivity index (χ0n) is 8.53. The van der Waals surface area contributed by atoms with E-state index in [1.165, 1.54) is 26.4 Å². The van der Waals surface area contributed by atoms with E-state index in [0.29, 0.717) is 0 Å². The maximum atomic E-state index is 10.7. The fourth-order valence-corrected chi connectivity index (χ4v) is 2.51. The minimum Gasteiger partial charge on any atom is -0.298 e. The van der Waals surface area contributed by atoms with E-state index in [9.17, 15) is 4.79 Å². The van der Waals surface area contributed by atoms with E-state index < -0.39 is 0 Å². The molecule has 2 aromatic carbocycles. The lowest BCUT2D eigenvalue weighted by Gasteiger charge is -2.06. The second-order valence-electron chi connectivity index (χ2n) is 3.94. The molecular formula is C14H9BrO. The van der Waals surface area contributed by atoms with Gasteiger partial charge in [0.2, 0.25) is 0 Å².